The molecule has 0 aromatic heterocycles. The number of nitriles is 2. The Labute approximate surface area is 178 Å². The molecule has 4 rings (SSSR count). The summed E-state index contributed by atoms with van der Waals surface area (Å²) < 4.78 is 0. The van der Waals surface area contributed by atoms with Crippen LogP contribution in [0, 0.1) is 22.7 Å². The molecule has 2 aliphatic heterocycles. The molecule has 1 saturated heterocycles. The molecule has 1 N–H and O–H groups in total. The molecule has 2 aliphatic rings. The van der Waals surface area contributed by atoms with E-state index in [2.05, 4.69) is 12.1 Å². The average Bonchev–Trinajstić information content (AvgIpc) is 3.11. The second kappa shape index (κ2) is 7.21. The van der Waals surface area contributed by atoms with Crippen LogP contribution in [-0.4, -0.2) is 34.1 Å². The first-order valence-corrected chi connectivity index (χ1v) is 9.74. The molecule has 0 saturated carbocycles. The van der Waals surface area contributed by atoms with Gasteiger partial charge in [0.2, 0.25) is 0 Å². The van der Waals surface area contributed by atoms with Crippen LogP contribution in [0.2, 0.25) is 10.0 Å². The normalized spacial score (nSPS) is 23.1. The molecule has 2 aromatic carbocycles. The minimum atomic E-state index is -0.941. The first-order valence-electron chi connectivity index (χ1n) is 8.98. The van der Waals surface area contributed by atoms with Gasteiger partial charge in [-0.05, 0) is 41.5 Å². The Bertz CT molecular complexity index is 1110. The Hall–Kier alpha value is -2.83. The molecular weight excluding hydrogens is 409 g/mol. The number of carbonyl (C=O) groups excluding carboxylic acids is 1. The second-order valence-electron chi connectivity index (χ2n) is 7.31. The highest BCUT2D eigenvalue weighted by Gasteiger charge is 2.57. The van der Waals surface area contributed by atoms with Gasteiger partial charge >= 0.3 is 0 Å². The predicted molar refractivity (Wildman–Crippen MR) is 109 cm³/mol. The quantitative estimate of drug-likeness (QED) is 0.814. The maximum absolute atomic E-state index is 13.3. The molecule has 0 bridgehead atoms. The first kappa shape index (κ1) is 19.5. The Kier molecular flexibility index (Phi) is 4.84. The summed E-state index contributed by atoms with van der Waals surface area (Å²) >= 11 is 12.2. The number of β-amino-alcohol motifs (C(OH)–C–C–N with tert-alkyl or cyclic N) is 1. The average molecular weight is 424 g/mol. The fourth-order valence-electron chi connectivity index (χ4n) is 4.36. The molecular formula is C22H15Cl2N3O2. The molecule has 2 aromatic rings. The summed E-state index contributed by atoms with van der Waals surface area (Å²) in [5.41, 5.74) is 1.53. The maximum Gasteiger partial charge on any atom is 0.256 e. The van der Waals surface area contributed by atoms with Crippen LogP contribution < -0.4 is 0 Å². The first-order chi connectivity index (χ1) is 13.9. The number of aliphatic hydroxyl groups is 1. The summed E-state index contributed by atoms with van der Waals surface area (Å²) in [5.74, 6) is -0.315. The molecule has 7 heteroatoms. The minimum Gasteiger partial charge on any atom is -0.391 e. The third-order valence-corrected chi connectivity index (χ3v) is 5.94. The van der Waals surface area contributed by atoms with E-state index in [-0.39, 0.29) is 24.4 Å². The van der Waals surface area contributed by atoms with Crippen molar-refractivity contribution in [3.05, 3.63) is 74.8 Å². The largest absolute Gasteiger partial charge is 0.391 e. The van der Waals surface area contributed by atoms with Crippen LogP contribution in [0.4, 0.5) is 0 Å². The van der Waals surface area contributed by atoms with Crippen molar-refractivity contribution in [1.82, 2.24) is 4.90 Å². The lowest BCUT2D eigenvalue weighted by Crippen LogP contribution is -2.44. The van der Waals surface area contributed by atoms with E-state index in [1.54, 1.807) is 35.2 Å². The van der Waals surface area contributed by atoms with Crippen molar-refractivity contribution in [3.63, 3.8) is 0 Å². The zero-order valence-electron chi connectivity index (χ0n) is 15.2. The van der Waals surface area contributed by atoms with Gasteiger partial charge in [0.1, 0.15) is 0 Å². The molecule has 2 heterocycles. The lowest BCUT2D eigenvalue weighted by Gasteiger charge is -2.32. The summed E-state index contributed by atoms with van der Waals surface area (Å²) in [6.45, 7) is 0.151. The third kappa shape index (κ3) is 3.18. The van der Waals surface area contributed by atoms with E-state index in [0.717, 1.165) is 5.56 Å². The van der Waals surface area contributed by atoms with Gasteiger partial charge < -0.3 is 10.0 Å². The Morgan fingerprint density at radius 1 is 1.10 bits per heavy atom. The van der Waals surface area contributed by atoms with Crippen molar-refractivity contribution in [3.8, 4) is 12.1 Å². The van der Waals surface area contributed by atoms with E-state index in [9.17, 15) is 15.2 Å². The molecule has 1 amide bonds. The topological polar surface area (TPSA) is 88.1 Å². The fraction of sp³-hybridized carbons (Fsp3) is 0.227. The van der Waals surface area contributed by atoms with Crippen LogP contribution in [0.25, 0.3) is 5.57 Å². The summed E-state index contributed by atoms with van der Waals surface area (Å²) in [5, 5.41) is 30.1. The zero-order valence-corrected chi connectivity index (χ0v) is 16.7. The zero-order chi connectivity index (χ0) is 20.8. The van der Waals surface area contributed by atoms with E-state index in [0.29, 0.717) is 33.2 Å². The van der Waals surface area contributed by atoms with Crippen molar-refractivity contribution in [2.45, 2.75) is 24.5 Å². The number of nitrogens with zero attached hydrogens (tertiary/aromatic N) is 3. The smallest absolute Gasteiger partial charge is 0.256 e. The highest BCUT2D eigenvalue weighted by Crippen LogP contribution is 2.48. The van der Waals surface area contributed by atoms with Crippen LogP contribution in [0.3, 0.4) is 0 Å². The van der Waals surface area contributed by atoms with E-state index in [1.807, 2.05) is 12.1 Å². The van der Waals surface area contributed by atoms with Crippen LogP contribution in [0.1, 0.15) is 23.1 Å². The van der Waals surface area contributed by atoms with E-state index < -0.39 is 11.6 Å². The van der Waals surface area contributed by atoms with Gasteiger partial charge in [0.05, 0.1) is 40.5 Å². The summed E-state index contributed by atoms with van der Waals surface area (Å²) in [6, 6.07) is 16.1. The van der Waals surface area contributed by atoms with E-state index in [4.69, 9.17) is 28.5 Å². The fourth-order valence-corrected chi connectivity index (χ4v) is 4.88. The predicted octanol–water partition coefficient (Wildman–Crippen LogP) is 3.73. The molecule has 1 unspecified atom stereocenters. The van der Waals surface area contributed by atoms with Gasteiger partial charge in [-0.2, -0.15) is 10.5 Å². The van der Waals surface area contributed by atoms with Crippen molar-refractivity contribution >= 4 is 34.7 Å². The number of hydrogen-bond donors (Lipinski definition) is 1. The molecule has 144 valence electrons. The molecule has 5 nitrogen and oxygen atoms in total. The number of carbonyl (C=O) groups is 1. The maximum atomic E-state index is 13.3. The van der Waals surface area contributed by atoms with Gasteiger partial charge in [0.15, 0.2) is 0 Å². The summed E-state index contributed by atoms with van der Waals surface area (Å²) in [6.07, 6.45) is -0.0908. The van der Waals surface area contributed by atoms with Crippen LogP contribution in [0.15, 0.2) is 48.0 Å². The van der Waals surface area contributed by atoms with Crippen molar-refractivity contribution in [2.75, 3.05) is 6.54 Å². The number of amides is 1. The van der Waals surface area contributed by atoms with Crippen molar-refractivity contribution in [2.24, 2.45) is 0 Å². The van der Waals surface area contributed by atoms with Crippen molar-refractivity contribution < 1.29 is 9.90 Å². The van der Waals surface area contributed by atoms with Gasteiger partial charge in [0.25, 0.3) is 5.91 Å². The molecule has 1 fully saturated rings. The molecule has 0 aliphatic carbocycles. The van der Waals surface area contributed by atoms with Gasteiger partial charge in [-0.3, -0.25) is 4.79 Å². The SMILES string of the molecule is N#CC1=C(c2cc(Cl)cc(Cl)c2)C(=O)N2C[C@H](O)CC12Cc1ccc(C#N)cc1. The number of fused-ring (bicyclic) bond motifs is 1. The van der Waals surface area contributed by atoms with Crippen LogP contribution in [0.5, 0.6) is 0 Å². The molecule has 29 heavy (non-hydrogen) atoms. The standard InChI is InChI=1S/C22H15Cl2N3O2/c23-16-5-15(6-17(24)7-16)20-19(11-26)22(9-18(28)12-27(22)21(20)29)8-13-1-3-14(10-25)4-2-13/h1-7,18,28H,8-9,12H2/t18-,22?/m1/s1. The lowest BCUT2D eigenvalue weighted by molar-refractivity contribution is -0.126. The van der Waals surface area contributed by atoms with E-state index >= 15 is 0 Å². The van der Waals surface area contributed by atoms with Gasteiger partial charge in [-0.1, -0.05) is 35.3 Å². The number of halogens is 2. The second-order valence-corrected chi connectivity index (χ2v) is 8.18. The molecule has 0 radical (unpaired) electrons. The Balaban J connectivity index is 1.87. The van der Waals surface area contributed by atoms with Gasteiger partial charge in [-0.15, -0.1) is 0 Å². The minimum absolute atomic E-state index is 0.151. The number of rotatable bonds is 3. The third-order valence-electron chi connectivity index (χ3n) is 5.50. The monoisotopic (exact) mass is 423 g/mol. The lowest BCUT2D eigenvalue weighted by atomic mass is 9.81. The Morgan fingerprint density at radius 3 is 2.34 bits per heavy atom. The number of benzene rings is 2. The Morgan fingerprint density at radius 2 is 1.76 bits per heavy atom. The van der Waals surface area contributed by atoms with Crippen LogP contribution >= 0.6 is 23.2 Å². The summed E-state index contributed by atoms with van der Waals surface area (Å²) in [7, 11) is 0. The highest BCUT2D eigenvalue weighted by molar-refractivity contribution is 6.35. The number of aliphatic hydroxyl groups excluding tert-OH is 1. The van der Waals surface area contributed by atoms with Gasteiger partial charge in [0, 0.05) is 29.4 Å². The van der Waals surface area contributed by atoms with E-state index in [1.165, 1.54) is 0 Å². The molecule has 2 atom stereocenters. The summed E-state index contributed by atoms with van der Waals surface area (Å²) in [4.78, 5) is 14.9. The number of hydrogen-bond acceptors (Lipinski definition) is 4. The highest BCUT2D eigenvalue weighted by atomic mass is 35.5. The van der Waals surface area contributed by atoms with Gasteiger partial charge in [-0.25, -0.2) is 0 Å². The van der Waals surface area contributed by atoms with Crippen LogP contribution in [-0.2, 0) is 11.2 Å². The molecule has 0 spiro atoms. The van der Waals surface area contributed by atoms with Crippen molar-refractivity contribution in [1.29, 1.82) is 10.5 Å².